The second-order valence-electron chi connectivity index (χ2n) is 1.91. The number of hydrogen-bond acceptors (Lipinski definition) is 2. The molecule has 48 valence electrons. The van der Waals surface area contributed by atoms with Crippen LogP contribution >= 0.6 is 8.86 Å². The SMILES string of the molecule is CN1C(=O)CC(=P)C1=O. The lowest BCUT2D eigenvalue weighted by molar-refractivity contribution is -0.135. The summed E-state index contributed by atoms with van der Waals surface area (Å²) in [6.07, 6.45) is 0.215. The Bertz CT molecular complexity index is 199. The third-order valence-corrected chi connectivity index (χ3v) is 1.66. The van der Waals surface area contributed by atoms with Crippen LogP contribution in [0.1, 0.15) is 6.42 Å². The molecule has 0 spiro atoms. The van der Waals surface area contributed by atoms with Gasteiger partial charge in [0.05, 0.1) is 6.42 Å². The molecule has 0 N–H and O–H groups in total. The minimum atomic E-state index is -0.225. The van der Waals surface area contributed by atoms with Crippen LogP contribution in [0.25, 0.3) is 0 Å². The first-order chi connectivity index (χ1) is 4.13. The summed E-state index contributed by atoms with van der Waals surface area (Å²) in [5.74, 6) is -0.373. The Balaban J connectivity index is 2.90. The minimum absolute atomic E-state index is 0.148. The number of likely N-dealkylation sites (tertiary alicyclic amines) is 1. The molecule has 1 saturated heterocycles. The monoisotopic (exact) mass is 143 g/mol. The molecule has 1 heterocycles. The summed E-state index contributed by atoms with van der Waals surface area (Å²) in [6.45, 7) is 0. The number of hydrogen-bond donors (Lipinski definition) is 0. The van der Waals surface area contributed by atoms with Gasteiger partial charge in [0.1, 0.15) is 0 Å². The molecule has 1 aliphatic heterocycles. The quantitative estimate of drug-likeness (QED) is 0.344. The zero-order chi connectivity index (χ0) is 7.02. The van der Waals surface area contributed by atoms with E-state index >= 15 is 0 Å². The normalized spacial score (nSPS) is 19.7. The molecule has 3 nitrogen and oxygen atoms in total. The van der Waals surface area contributed by atoms with E-state index in [0.717, 1.165) is 4.90 Å². The van der Waals surface area contributed by atoms with Gasteiger partial charge in [-0.3, -0.25) is 14.5 Å². The van der Waals surface area contributed by atoms with Gasteiger partial charge in [-0.1, -0.05) is 0 Å². The third-order valence-electron chi connectivity index (χ3n) is 1.26. The van der Waals surface area contributed by atoms with Crippen molar-refractivity contribution in [2.24, 2.45) is 0 Å². The Hall–Kier alpha value is -0.690. The third kappa shape index (κ3) is 0.879. The van der Waals surface area contributed by atoms with Gasteiger partial charge >= 0.3 is 0 Å². The molecule has 0 aliphatic carbocycles. The molecular weight excluding hydrogens is 137 g/mol. The summed E-state index contributed by atoms with van der Waals surface area (Å²) in [6, 6.07) is 0. The molecule has 1 rings (SSSR count). The van der Waals surface area contributed by atoms with E-state index in [1.807, 2.05) is 0 Å². The topological polar surface area (TPSA) is 37.4 Å². The van der Waals surface area contributed by atoms with Crippen LogP contribution in [0.3, 0.4) is 0 Å². The van der Waals surface area contributed by atoms with Crippen LogP contribution in [0.2, 0.25) is 0 Å². The van der Waals surface area contributed by atoms with Crippen LogP contribution in [-0.2, 0) is 9.59 Å². The summed E-state index contributed by atoms with van der Waals surface area (Å²) in [5, 5.41) is 0.447. The van der Waals surface area contributed by atoms with Crippen molar-refractivity contribution in [3.8, 4) is 0 Å². The van der Waals surface area contributed by atoms with Crippen LogP contribution in [0, 0.1) is 0 Å². The van der Waals surface area contributed by atoms with E-state index in [-0.39, 0.29) is 18.2 Å². The number of imide groups is 1. The van der Waals surface area contributed by atoms with Crippen molar-refractivity contribution in [3.63, 3.8) is 0 Å². The maximum atomic E-state index is 10.7. The first-order valence-electron chi connectivity index (χ1n) is 2.51. The lowest BCUT2D eigenvalue weighted by Crippen LogP contribution is -2.25. The molecule has 1 aliphatic rings. The van der Waals surface area contributed by atoms with Crippen LogP contribution in [-0.4, -0.2) is 29.1 Å². The van der Waals surface area contributed by atoms with E-state index in [0.29, 0.717) is 5.29 Å². The lowest BCUT2D eigenvalue weighted by Gasteiger charge is -2.01. The van der Waals surface area contributed by atoms with E-state index in [1.165, 1.54) is 7.05 Å². The van der Waals surface area contributed by atoms with E-state index in [1.54, 1.807) is 0 Å². The van der Waals surface area contributed by atoms with Crippen molar-refractivity contribution < 1.29 is 9.59 Å². The molecular formula is C5H6NO2P. The lowest BCUT2D eigenvalue weighted by atomic mass is 10.4. The molecule has 0 aromatic rings. The van der Waals surface area contributed by atoms with Crippen molar-refractivity contribution in [3.05, 3.63) is 0 Å². The van der Waals surface area contributed by atoms with Gasteiger partial charge in [-0.05, 0) is 0 Å². The molecule has 0 unspecified atom stereocenters. The maximum absolute atomic E-state index is 10.7. The highest BCUT2D eigenvalue weighted by atomic mass is 31.0. The number of nitrogens with zero attached hydrogens (tertiary/aromatic N) is 1. The fraction of sp³-hybridized carbons (Fsp3) is 0.400. The van der Waals surface area contributed by atoms with Gasteiger partial charge < -0.3 is 0 Å². The highest BCUT2D eigenvalue weighted by Crippen LogP contribution is 2.07. The van der Waals surface area contributed by atoms with Gasteiger partial charge in [-0.25, -0.2) is 0 Å². The average molecular weight is 143 g/mol. The van der Waals surface area contributed by atoms with Crippen LogP contribution in [0.5, 0.6) is 0 Å². The standard InChI is InChI=1S/C5H6NO2P/c1-6-4(7)2-3(9)5(6)8/h9H,2H2,1H3. The number of rotatable bonds is 0. The number of carbonyl (C=O) groups excluding carboxylic acids is 2. The van der Waals surface area contributed by atoms with Crippen LogP contribution < -0.4 is 0 Å². The predicted molar refractivity (Wildman–Crippen MR) is 35.7 cm³/mol. The smallest absolute Gasteiger partial charge is 0.260 e. The fourth-order valence-corrected chi connectivity index (χ4v) is 0.980. The number of amides is 2. The Morgan fingerprint density at radius 2 is 2.11 bits per heavy atom. The predicted octanol–water partition coefficient (Wildman–Crippen LogP) is -0.310. The molecule has 0 atom stereocenters. The van der Waals surface area contributed by atoms with E-state index in [9.17, 15) is 9.59 Å². The van der Waals surface area contributed by atoms with Crippen molar-refractivity contribution in [2.75, 3.05) is 7.05 Å². The van der Waals surface area contributed by atoms with Gasteiger partial charge in [0.25, 0.3) is 5.91 Å². The first-order valence-corrected chi connectivity index (χ1v) is 3.01. The Kier molecular flexibility index (Phi) is 1.37. The first kappa shape index (κ1) is 6.43. The van der Waals surface area contributed by atoms with Gasteiger partial charge in [0.2, 0.25) is 5.91 Å². The van der Waals surface area contributed by atoms with Crippen molar-refractivity contribution >= 4 is 26.0 Å². The molecule has 0 aromatic carbocycles. The molecule has 0 aromatic heterocycles. The molecule has 1 fully saturated rings. The summed E-state index contributed by atoms with van der Waals surface area (Å²) < 4.78 is 0. The molecule has 0 bridgehead atoms. The van der Waals surface area contributed by atoms with Crippen molar-refractivity contribution in [1.29, 1.82) is 0 Å². The summed E-state index contributed by atoms with van der Waals surface area (Å²) in [4.78, 5) is 22.5. The summed E-state index contributed by atoms with van der Waals surface area (Å²) in [7, 11) is 4.51. The Labute approximate surface area is 54.9 Å². The zero-order valence-electron chi connectivity index (χ0n) is 4.97. The minimum Gasteiger partial charge on any atom is -0.281 e. The average Bonchev–Trinajstić information content (AvgIpc) is 1.98. The van der Waals surface area contributed by atoms with Crippen molar-refractivity contribution in [1.82, 2.24) is 4.90 Å². The fourth-order valence-electron chi connectivity index (χ4n) is 0.661. The van der Waals surface area contributed by atoms with Gasteiger partial charge in [-0.2, -0.15) is 0 Å². The number of carbonyl (C=O) groups is 2. The van der Waals surface area contributed by atoms with E-state index in [4.69, 9.17) is 0 Å². The molecule has 0 radical (unpaired) electrons. The summed E-state index contributed by atoms with van der Waals surface area (Å²) >= 11 is 0. The van der Waals surface area contributed by atoms with Crippen LogP contribution in [0.15, 0.2) is 0 Å². The summed E-state index contributed by atoms with van der Waals surface area (Å²) in [5.41, 5.74) is 0. The highest BCUT2D eigenvalue weighted by molar-refractivity contribution is 7.26. The molecule has 2 amide bonds. The maximum Gasteiger partial charge on any atom is 0.260 e. The van der Waals surface area contributed by atoms with Crippen LogP contribution in [0.4, 0.5) is 0 Å². The Morgan fingerprint density at radius 3 is 2.22 bits per heavy atom. The highest BCUT2D eigenvalue weighted by Gasteiger charge is 2.28. The van der Waals surface area contributed by atoms with E-state index < -0.39 is 0 Å². The van der Waals surface area contributed by atoms with Gasteiger partial charge in [0, 0.05) is 12.3 Å². The largest absolute Gasteiger partial charge is 0.281 e. The second kappa shape index (κ2) is 1.92. The Morgan fingerprint density at radius 1 is 1.56 bits per heavy atom. The molecule has 0 saturated carbocycles. The van der Waals surface area contributed by atoms with Crippen molar-refractivity contribution in [2.45, 2.75) is 6.42 Å². The zero-order valence-corrected chi connectivity index (χ0v) is 5.97. The van der Waals surface area contributed by atoms with Gasteiger partial charge in [0.15, 0.2) is 0 Å². The second-order valence-corrected chi connectivity index (χ2v) is 2.52. The van der Waals surface area contributed by atoms with E-state index in [2.05, 4.69) is 8.86 Å². The molecule has 4 heteroatoms. The van der Waals surface area contributed by atoms with Gasteiger partial charge in [-0.15, -0.1) is 8.86 Å². The molecule has 9 heavy (non-hydrogen) atoms.